The van der Waals surface area contributed by atoms with Crippen LogP contribution in [0.3, 0.4) is 0 Å². The fourth-order valence-corrected chi connectivity index (χ4v) is 4.08. The summed E-state index contributed by atoms with van der Waals surface area (Å²) >= 11 is 5.93. The summed E-state index contributed by atoms with van der Waals surface area (Å²) in [6.45, 7) is 0. The Kier molecular flexibility index (Phi) is 5.49. The number of hydrogen-bond donors (Lipinski definition) is 1. The molecule has 0 amide bonds. The van der Waals surface area contributed by atoms with E-state index in [1.54, 1.807) is 18.2 Å². The first kappa shape index (κ1) is 18.3. The Morgan fingerprint density at radius 3 is 2.23 bits per heavy atom. The number of nitrogens with one attached hydrogen (secondary N) is 1. The van der Waals surface area contributed by atoms with Gasteiger partial charge < -0.3 is 4.74 Å². The van der Waals surface area contributed by atoms with E-state index in [0.717, 1.165) is 12.0 Å². The van der Waals surface area contributed by atoms with Crippen molar-refractivity contribution < 1.29 is 13.2 Å². The van der Waals surface area contributed by atoms with E-state index in [2.05, 4.69) is 16.9 Å². The van der Waals surface area contributed by atoms with Crippen LogP contribution in [-0.4, -0.2) is 15.5 Å². The van der Waals surface area contributed by atoms with Crippen LogP contribution in [0.4, 0.5) is 5.69 Å². The number of hydrogen-bond acceptors (Lipinski definition) is 3. The van der Waals surface area contributed by atoms with Gasteiger partial charge in [-0.2, -0.15) is 0 Å². The molecule has 3 rings (SSSR count). The van der Waals surface area contributed by atoms with Gasteiger partial charge in [-0.05, 0) is 47.9 Å². The molecule has 3 aromatic rings. The maximum absolute atomic E-state index is 12.7. The second kappa shape index (κ2) is 7.81. The molecule has 1 N–H and O–H groups in total. The van der Waals surface area contributed by atoms with E-state index in [9.17, 15) is 8.42 Å². The second-order valence-electron chi connectivity index (χ2n) is 5.76. The molecule has 26 heavy (non-hydrogen) atoms. The van der Waals surface area contributed by atoms with E-state index in [0.29, 0.717) is 10.7 Å². The fourth-order valence-electron chi connectivity index (χ4n) is 2.59. The van der Waals surface area contributed by atoms with Crippen molar-refractivity contribution in [3.63, 3.8) is 0 Å². The Morgan fingerprint density at radius 1 is 0.923 bits per heavy atom. The molecule has 3 aromatic carbocycles. The predicted octanol–water partition coefficient (Wildman–Crippen LogP) is 4.74. The summed E-state index contributed by atoms with van der Waals surface area (Å²) in [5, 5.41) is 0.324. The normalized spacial score (nSPS) is 11.2. The van der Waals surface area contributed by atoms with Gasteiger partial charge in [0.15, 0.2) is 0 Å². The van der Waals surface area contributed by atoms with Crippen LogP contribution in [0, 0.1) is 0 Å². The predicted molar refractivity (Wildman–Crippen MR) is 105 cm³/mol. The zero-order chi connectivity index (χ0) is 18.6. The number of rotatable bonds is 6. The van der Waals surface area contributed by atoms with Gasteiger partial charge in [-0.25, -0.2) is 8.42 Å². The van der Waals surface area contributed by atoms with Gasteiger partial charge >= 0.3 is 0 Å². The number of ether oxygens (including phenoxy) is 1. The van der Waals surface area contributed by atoms with Crippen molar-refractivity contribution in [2.24, 2.45) is 0 Å². The zero-order valence-electron chi connectivity index (χ0n) is 14.1. The third-order valence-corrected chi connectivity index (χ3v) is 5.51. The van der Waals surface area contributed by atoms with Crippen molar-refractivity contribution >= 4 is 27.3 Å². The standard InChI is InChI=1S/C20H18ClNO3S/c1-25-19-12-9-17(21)14-20(19)26(23,24)22-18-10-7-16(8-11-18)13-15-5-3-2-4-6-15/h2-12,14,22H,13H2,1H3. The van der Waals surface area contributed by atoms with Crippen molar-refractivity contribution in [2.75, 3.05) is 11.8 Å². The van der Waals surface area contributed by atoms with Crippen LogP contribution < -0.4 is 9.46 Å². The molecule has 0 aromatic heterocycles. The molecule has 0 aliphatic heterocycles. The molecule has 4 nitrogen and oxygen atoms in total. The Balaban J connectivity index is 1.79. The second-order valence-corrected chi connectivity index (χ2v) is 7.85. The quantitative estimate of drug-likeness (QED) is 0.664. The molecular weight excluding hydrogens is 370 g/mol. The first-order valence-electron chi connectivity index (χ1n) is 7.97. The maximum atomic E-state index is 12.7. The number of halogens is 1. The van der Waals surface area contributed by atoms with Crippen molar-refractivity contribution in [1.29, 1.82) is 0 Å². The van der Waals surface area contributed by atoms with E-state index in [1.165, 1.54) is 24.8 Å². The first-order valence-corrected chi connectivity index (χ1v) is 9.83. The zero-order valence-corrected chi connectivity index (χ0v) is 15.7. The average molecular weight is 388 g/mol. The fraction of sp³-hybridized carbons (Fsp3) is 0.100. The highest BCUT2D eigenvalue weighted by Gasteiger charge is 2.20. The van der Waals surface area contributed by atoms with Gasteiger partial charge in [0.2, 0.25) is 0 Å². The van der Waals surface area contributed by atoms with Crippen LogP contribution in [0.1, 0.15) is 11.1 Å². The minimum atomic E-state index is -3.81. The minimum Gasteiger partial charge on any atom is -0.495 e. The van der Waals surface area contributed by atoms with Gasteiger partial charge in [-0.3, -0.25) is 4.72 Å². The summed E-state index contributed by atoms with van der Waals surface area (Å²) in [4.78, 5) is 0.000798. The van der Waals surface area contributed by atoms with Gasteiger partial charge in [0.05, 0.1) is 7.11 Å². The van der Waals surface area contributed by atoms with Crippen molar-refractivity contribution in [2.45, 2.75) is 11.3 Å². The highest BCUT2D eigenvalue weighted by atomic mass is 35.5. The number of anilines is 1. The average Bonchev–Trinajstić information content (AvgIpc) is 2.64. The molecular formula is C20H18ClNO3S. The first-order chi connectivity index (χ1) is 12.5. The molecule has 0 aliphatic carbocycles. The maximum Gasteiger partial charge on any atom is 0.265 e. The van der Waals surface area contributed by atoms with Crippen LogP contribution in [0.5, 0.6) is 5.75 Å². The Bertz CT molecular complexity index is 987. The largest absolute Gasteiger partial charge is 0.495 e. The molecule has 0 spiro atoms. The molecule has 0 unspecified atom stereocenters. The smallest absolute Gasteiger partial charge is 0.265 e. The summed E-state index contributed by atoms with van der Waals surface area (Å²) in [6, 6.07) is 21.9. The van der Waals surface area contributed by atoms with Crippen LogP contribution in [0.25, 0.3) is 0 Å². The lowest BCUT2D eigenvalue weighted by atomic mass is 10.1. The van der Waals surface area contributed by atoms with Gasteiger partial charge in [-0.1, -0.05) is 54.1 Å². The summed E-state index contributed by atoms with van der Waals surface area (Å²) in [5.74, 6) is 0.239. The van der Waals surface area contributed by atoms with Gasteiger partial charge in [0.1, 0.15) is 10.6 Å². The van der Waals surface area contributed by atoms with Crippen LogP contribution >= 0.6 is 11.6 Å². The van der Waals surface area contributed by atoms with Gasteiger partial charge in [-0.15, -0.1) is 0 Å². The topological polar surface area (TPSA) is 55.4 Å². The lowest BCUT2D eigenvalue weighted by Gasteiger charge is -2.12. The third-order valence-electron chi connectivity index (χ3n) is 3.87. The number of benzene rings is 3. The lowest BCUT2D eigenvalue weighted by Crippen LogP contribution is -2.14. The molecule has 0 saturated carbocycles. The van der Waals surface area contributed by atoms with Crippen LogP contribution in [0.2, 0.25) is 5.02 Å². The molecule has 0 bridgehead atoms. The lowest BCUT2D eigenvalue weighted by molar-refractivity contribution is 0.403. The monoisotopic (exact) mass is 387 g/mol. The summed E-state index contributed by atoms with van der Waals surface area (Å²) in [5.41, 5.74) is 2.77. The Hall–Kier alpha value is -2.50. The van der Waals surface area contributed by atoms with Crippen molar-refractivity contribution in [3.05, 3.63) is 88.9 Å². The highest BCUT2D eigenvalue weighted by Crippen LogP contribution is 2.28. The summed E-state index contributed by atoms with van der Waals surface area (Å²) in [7, 11) is -2.39. The number of sulfonamides is 1. The summed E-state index contributed by atoms with van der Waals surface area (Å²) in [6.07, 6.45) is 0.788. The molecule has 0 saturated heterocycles. The van der Waals surface area contributed by atoms with Gasteiger partial charge in [0.25, 0.3) is 10.0 Å². The molecule has 6 heteroatoms. The molecule has 0 atom stereocenters. The van der Waals surface area contributed by atoms with E-state index in [-0.39, 0.29) is 10.6 Å². The van der Waals surface area contributed by atoms with E-state index in [1.807, 2.05) is 30.3 Å². The summed E-state index contributed by atoms with van der Waals surface area (Å²) < 4.78 is 33.0. The minimum absolute atomic E-state index is 0.000798. The molecule has 0 aliphatic rings. The molecule has 0 fully saturated rings. The van der Waals surface area contributed by atoms with E-state index in [4.69, 9.17) is 16.3 Å². The number of methoxy groups -OCH3 is 1. The van der Waals surface area contributed by atoms with E-state index < -0.39 is 10.0 Å². The molecule has 0 heterocycles. The van der Waals surface area contributed by atoms with Gasteiger partial charge in [0, 0.05) is 10.7 Å². The Morgan fingerprint density at radius 2 is 1.58 bits per heavy atom. The van der Waals surface area contributed by atoms with Crippen molar-refractivity contribution in [3.8, 4) is 5.75 Å². The SMILES string of the molecule is COc1ccc(Cl)cc1S(=O)(=O)Nc1ccc(Cc2ccccc2)cc1. The molecule has 134 valence electrons. The Labute approximate surface area is 158 Å². The highest BCUT2D eigenvalue weighted by molar-refractivity contribution is 7.92. The third kappa shape index (κ3) is 4.36. The van der Waals surface area contributed by atoms with Crippen LogP contribution in [0.15, 0.2) is 77.7 Å². The van der Waals surface area contributed by atoms with Crippen molar-refractivity contribution in [1.82, 2.24) is 0 Å². The van der Waals surface area contributed by atoms with E-state index >= 15 is 0 Å². The van der Waals surface area contributed by atoms with Crippen LogP contribution in [-0.2, 0) is 16.4 Å². The molecule has 0 radical (unpaired) electrons.